The highest BCUT2D eigenvalue weighted by molar-refractivity contribution is 5.79. The van der Waals surface area contributed by atoms with Gasteiger partial charge >= 0.3 is 0 Å². The number of nitrogens with zero attached hydrogens (tertiary/aromatic N) is 2. The van der Waals surface area contributed by atoms with Crippen LogP contribution >= 0.6 is 0 Å². The number of carbonyl (C=O) groups is 1. The fourth-order valence-electron chi connectivity index (χ4n) is 6.30. The minimum absolute atomic E-state index is 0.0870. The molecule has 0 radical (unpaired) electrons. The van der Waals surface area contributed by atoms with E-state index in [0.717, 1.165) is 56.4 Å². The Labute approximate surface area is 202 Å². The van der Waals surface area contributed by atoms with Gasteiger partial charge in [-0.3, -0.25) is 9.69 Å². The summed E-state index contributed by atoms with van der Waals surface area (Å²) in [5, 5.41) is 0. The van der Waals surface area contributed by atoms with Crippen molar-refractivity contribution < 1.29 is 13.6 Å². The zero-order valence-corrected chi connectivity index (χ0v) is 20.3. The Bertz CT molecular complexity index is 904. The second-order valence-electron chi connectivity index (χ2n) is 10.1. The van der Waals surface area contributed by atoms with Crippen molar-refractivity contribution in [3.05, 3.63) is 71.3 Å². The SMILES string of the molecule is CCC[C@@H](C(N)=O)N(C)[C@H]1CC[C@@H]2CN(CCC(c3ccc(F)cc3)c3ccc(F)cc3)C[C@@H]21. The van der Waals surface area contributed by atoms with Crippen LogP contribution in [0.1, 0.15) is 56.1 Å². The predicted octanol–water partition coefficient (Wildman–Crippen LogP) is 4.78. The van der Waals surface area contributed by atoms with Crippen LogP contribution in [0.2, 0.25) is 0 Å². The summed E-state index contributed by atoms with van der Waals surface area (Å²) in [6.45, 7) is 5.12. The standard InChI is InChI=1S/C28H37F2N3O/c1-3-4-27(28(31)34)32(2)26-14-9-21-17-33(18-25(21)26)16-15-24(19-5-10-22(29)11-6-19)20-7-12-23(30)13-8-20/h5-8,10-13,21,24-27H,3-4,9,14-18H2,1-2H3,(H2,31,34)/t21-,25+,26+,27+/m1/s1. The Hall–Kier alpha value is -2.31. The van der Waals surface area contributed by atoms with Gasteiger partial charge in [0.1, 0.15) is 11.6 Å². The van der Waals surface area contributed by atoms with Gasteiger partial charge in [-0.1, -0.05) is 37.6 Å². The molecule has 0 unspecified atom stereocenters. The van der Waals surface area contributed by atoms with Crippen molar-refractivity contribution in [2.24, 2.45) is 17.6 Å². The van der Waals surface area contributed by atoms with E-state index >= 15 is 0 Å². The lowest BCUT2D eigenvalue weighted by molar-refractivity contribution is -0.124. The van der Waals surface area contributed by atoms with E-state index in [9.17, 15) is 13.6 Å². The molecule has 1 amide bonds. The van der Waals surface area contributed by atoms with Gasteiger partial charge in [0.2, 0.25) is 5.91 Å². The molecule has 1 heterocycles. The number of likely N-dealkylation sites (N-methyl/N-ethyl adjacent to an activating group) is 1. The molecule has 2 fully saturated rings. The normalized spacial score (nSPS) is 23.5. The van der Waals surface area contributed by atoms with Gasteiger partial charge in [0, 0.05) is 25.0 Å². The molecule has 2 aliphatic rings. The number of nitrogens with two attached hydrogens (primary N) is 1. The second-order valence-corrected chi connectivity index (χ2v) is 10.1. The summed E-state index contributed by atoms with van der Waals surface area (Å²) in [5.41, 5.74) is 7.83. The van der Waals surface area contributed by atoms with Crippen LogP contribution in [0.3, 0.4) is 0 Å². The highest BCUT2D eigenvalue weighted by Gasteiger charge is 2.45. The van der Waals surface area contributed by atoms with E-state index in [1.54, 1.807) is 0 Å². The number of likely N-dealkylation sites (tertiary alicyclic amines) is 1. The number of carbonyl (C=O) groups excluding carboxylic acids is 1. The summed E-state index contributed by atoms with van der Waals surface area (Å²) in [6, 6.07) is 13.5. The molecule has 1 aliphatic carbocycles. The maximum Gasteiger partial charge on any atom is 0.234 e. The van der Waals surface area contributed by atoms with E-state index in [0.29, 0.717) is 17.9 Å². The smallest absolute Gasteiger partial charge is 0.234 e. The highest BCUT2D eigenvalue weighted by atomic mass is 19.1. The first-order valence-electron chi connectivity index (χ1n) is 12.6. The topological polar surface area (TPSA) is 49.6 Å². The van der Waals surface area contributed by atoms with Crippen LogP contribution in [0.5, 0.6) is 0 Å². The average molecular weight is 470 g/mol. The van der Waals surface area contributed by atoms with E-state index in [-0.39, 0.29) is 29.5 Å². The van der Waals surface area contributed by atoms with Crippen LogP contribution in [0.4, 0.5) is 8.78 Å². The molecule has 0 bridgehead atoms. The summed E-state index contributed by atoms with van der Waals surface area (Å²) in [4.78, 5) is 16.8. The Balaban J connectivity index is 1.43. The zero-order valence-electron chi connectivity index (χ0n) is 20.3. The van der Waals surface area contributed by atoms with E-state index < -0.39 is 0 Å². The molecule has 2 aromatic rings. The predicted molar refractivity (Wildman–Crippen MR) is 131 cm³/mol. The van der Waals surface area contributed by atoms with Crippen molar-refractivity contribution in [1.29, 1.82) is 0 Å². The number of rotatable bonds is 10. The molecule has 1 aliphatic heterocycles. The molecule has 0 spiro atoms. The van der Waals surface area contributed by atoms with Gasteiger partial charge in [-0.05, 0) is 86.5 Å². The molecule has 6 heteroatoms. The number of hydrogen-bond acceptors (Lipinski definition) is 3. The molecule has 1 saturated carbocycles. The third-order valence-corrected chi connectivity index (χ3v) is 8.08. The van der Waals surface area contributed by atoms with Crippen LogP contribution in [0.25, 0.3) is 0 Å². The maximum absolute atomic E-state index is 13.5. The quantitative estimate of drug-likeness (QED) is 0.545. The van der Waals surface area contributed by atoms with E-state index in [1.807, 2.05) is 24.3 Å². The van der Waals surface area contributed by atoms with Gasteiger partial charge in [0.05, 0.1) is 6.04 Å². The van der Waals surface area contributed by atoms with Gasteiger partial charge in [0.25, 0.3) is 0 Å². The summed E-state index contributed by atoms with van der Waals surface area (Å²) in [7, 11) is 2.07. The van der Waals surface area contributed by atoms with Crippen LogP contribution in [-0.4, -0.2) is 54.5 Å². The molecule has 2 aromatic carbocycles. The summed E-state index contributed by atoms with van der Waals surface area (Å²) < 4.78 is 27.1. The second kappa shape index (κ2) is 11.0. The molecule has 2 N–H and O–H groups in total. The summed E-state index contributed by atoms with van der Waals surface area (Å²) in [6.07, 6.45) is 4.95. The van der Waals surface area contributed by atoms with E-state index in [2.05, 4.69) is 23.8 Å². The number of benzene rings is 2. The number of halogens is 2. The fraction of sp³-hybridized carbons (Fsp3) is 0.536. The molecular formula is C28H37F2N3O. The minimum atomic E-state index is -0.249. The fourth-order valence-corrected chi connectivity index (χ4v) is 6.30. The Morgan fingerprint density at radius 2 is 1.59 bits per heavy atom. The van der Waals surface area contributed by atoms with E-state index in [1.165, 1.54) is 30.7 Å². The molecule has 184 valence electrons. The maximum atomic E-state index is 13.5. The Morgan fingerprint density at radius 3 is 2.12 bits per heavy atom. The largest absolute Gasteiger partial charge is 0.368 e. The zero-order chi connectivity index (χ0) is 24.2. The van der Waals surface area contributed by atoms with Crippen LogP contribution < -0.4 is 5.73 Å². The van der Waals surface area contributed by atoms with Crippen molar-refractivity contribution in [3.8, 4) is 0 Å². The molecule has 34 heavy (non-hydrogen) atoms. The molecule has 0 aromatic heterocycles. The Morgan fingerprint density at radius 1 is 1.00 bits per heavy atom. The van der Waals surface area contributed by atoms with E-state index in [4.69, 9.17) is 5.73 Å². The van der Waals surface area contributed by atoms with Crippen LogP contribution in [0, 0.1) is 23.5 Å². The van der Waals surface area contributed by atoms with Gasteiger partial charge in [0.15, 0.2) is 0 Å². The average Bonchev–Trinajstić information content (AvgIpc) is 3.39. The summed E-state index contributed by atoms with van der Waals surface area (Å²) >= 11 is 0. The van der Waals surface area contributed by atoms with Gasteiger partial charge in [-0.2, -0.15) is 0 Å². The van der Waals surface area contributed by atoms with Gasteiger partial charge < -0.3 is 10.6 Å². The van der Waals surface area contributed by atoms with Crippen LogP contribution in [0.15, 0.2) is 48.5 Å². The third-order valence-electron chi connectivity index (χ3n) is 8.08. The first-order valence-corrected chi connectivity index (χ1v) is 12.6. The first-order chi connectivity index (χ1) is 16.4. The molecule has 4 atom stereocenters. The monoisotopic (exact) mass is 469 g/mol. The van der Waals surface area contributed by atoms with Gasteiger partial charge in [-0.15, -0.1) is 0 Å². The molecular weight excluding hydrogens is 432 g/mol. The molecule has 4 nitrogen and oxygen atoms in total. The lowest BCUT2D eigenvalue weighted by Crippen LogP contribution is -2.49. The number of primary amides is 1. The van der Waals surface area contributed by atoms with Crippen molar-refractivity contribution in [2.75, 3.05) is 26.7 Å². The number of fused-ring (bicyclic) bond motifs is 1. The first kappa shape index (κ1) is 24.8. The van der Waals surface area contributed by atoms with Crippen molar-refractivity contribution in [3.63, 3.8) is 0 Å². The van der Waals surface area contributed by atoms with Crippen molar-refractivity contribution >= 4 is 5.91 Å². The minimum Gasteiger partial charge on any atom is -0.368 e. The van der Waals surface area contributed by atoms with Gasteiger partial charge in [-0.25, -0.2) is 8.78 Å². The number of amides is 1. The molecule has 1 saturated heterocycles. The lowest BCUT2D eigenvalue weighted by Gasteiger charge is -2.34. The molecule has 4 rings (SSSR count). The third kappa shape index (κ3) is 5.49. The van der Waals surface area contributed by atoms with Crippen molar-refractivity contribution in [2.45, 2.75) is 57.0 Å². The Kier molecular flexibility index (Phi) is 7.99. The summed E-state index contributed by atoms with van der Waals surface area (Å²) in [5.74, 6) is 0.576. The lowest BCUT2D eigenvalue weighted by atomic mass is 9.88. The van der Waals surface area contributed by atoms with Crippen molar-refractivity contribution in [1.82, 2.24) is 9.80 Å². The highest BCUT2D eigenvalue weighted by Crippen LogP contribution is 2.41. The number of hydrogen-bond donors (Lipinski definition) is 1. The van der Waals surface area contributed by atoms with Crippen LogP contribution in [-0.2, 0) is 4.79 Å².